The quantitative estimate of drug-likeness (QED) is 0.420. The van der Waals surface area contributed by atoms with Crippen LogP contribution in [0, 0.1) is 0 Å². The molecule has 4 heteroatoms. The first kappa shape index (κ1) is 19.2. The Bertz CT molecular complexity index is 1050. The molecule has 4 rings (SSSR count). The highest BCUT2D eigenvalue weighted by Crippen LogP contribution is 2.11. The zero-order valence-corrected chi connectivity index (χ0v) is 16.3. The van der Waals surface area contributed by atoms with Gasteiger partial charge in [0.25, 0.3) is 0 Å². The summed E-state index contributed by atoms with van der Waals surface area (Å²) < 4.78 is 0. The van der Waals surface area contributed by atoms with Gasteiger partial charge >= 0.3 is 0 Å². The van der Waals surface area contributed by atoms with E-state index in [1.54, 1.807) is 12.4 Å². The lowest BCUT2D eigenvalue weighted by Crippen LogP contribution is -1.84. The van der Waals surface area contributed by atoms with Crippen molar-refractivity contribution in [3.63, 3.8) is 0 Å². The van der Waals surface area contributed by atoms with Crippen molar-refractivity contribution in [2.24, 2.45) is 0 Å². The predicted molar refractivity (Wildman–Crippen MR) is 124 cm³/mol. The molecular formula is C26H20N4. The second kappa shape index (κ2) is 9.85. The summed E-state index contributed by atoms with van der Waals surface area (Å²) in [7, 11) is 0. The lowest BCUT2D eigenvalue weighted by atomic mass is 10.2. The molecule has 0 aromatic carbocycles. The Morgan fingerprint density at radius 2 is 0.833 bits per heavy atom. The van der Waals surface area contributed by atoms with Crippen molar-refractivity contribution in [2.45, 2.75) is 0 Å². The lowest BCUT2D eigenvalue weighted by Gasteiger charge is -1.98. The Morgan fingerprint density at radius 1 is 0.400 bits per heavy atom. The minimum atomic E-state index is 0.892. The van der Waals surface area contributed by atoms with Crippen molar-refractivity contribution >= 4 is 36.5 Å². The fourth-order valence-corrected chi connectivity index (χ4v) is 2.71. The first-order valence-electron chi connectivity index (χ1n) is 9.64. The van der Waals surface area contributed by atoms with Crippen molar-refractivity contribution in [1.29, 1.82) is 0 Å². The van der Waals surface area contributed by atoms with Gasteiger partial charge in [-0.25, -0.2) is 0 Å². The van der Waals surface area contributed by atoms with Gasteiger partial charge < -0.3 is 0 Å². The number of pyridine rings is 4. The Hall–Kier alpha value is -4.18. The first-order valence-corrected chi connectivity index (χ1v) is 9.64. The van der Waals surface area contributed by atoms with Gasteiger partial charge in [0, 0.05) is 24.8 Å². The second-order valence-electron chi connectivity index (χ2n) is 6.54. The van der Waals surface area contributed by atoms with E-state index in [1.165, 1.54) is 0 Å². The van der Waals surface area contributed by atoms with Crippen LogP contribution in [-0.2, 0) is 0 Å². The molecule has 4 aromatic heterocycles. The van der Waals surface area contributed by atoms with Crippen LogP contribution in [-0.4, -0.2) is 19.9 Å². The highest BCUT2D eigenvalue weighted by Gasteiger charge is 1.94. The standard InChI is InChI=1S/C26H20N4/c1-3-17-27-23(5-1)13-15-25-11-9-21(19-29-25)7-8-22-10-12-26(30-20-22)16-14-24-6-2-4-18-28-24/h1-20H/b8-7+,15-13+,16-14+. The van der Waals surface area contributed by atoms with Crippen molar-refractivity contribution in [3.8, 4) is 0 Å². The molecule has 0 saturated carbocycles. The zero-order valence-electron chi connectivity index (χ0n) is 16.3. The molecule has 0 unspecified atom stereocenters. The summed E-state index contributed by atoms with van der Waals surface area (Å²) in [4.78, 5) is 17.5. The lowest BCUT2D eigenvalue weighted by molar-refractivity contribution is 1.27. The van der Waals surface area contributed by atoms with Gasteiger partial charge in [0.15, 0.2) is 0 Å². The van der Waals surface area contributed by atoms with Gasteiger partial charge in [-0.05, 0) is 71.8 Å². The monoisotopic (exact) mass is 388 g/mol. The molecule has 0 radical (unpaired) electrons. The minimum Gasteiger partial charge on any atom is -0.257 e. The molecule has 4 heterocycles. The summed E-state index contributed by atoms with van der Waals surface area (Å²) in [5.74, 6) is 0. The maximum atomic E-state index is 4.48. The van der Waals surface area contributed by atoms with Crippen molar-refractivity contribution in [3.05, 3.63) is 119 Å². The van der Waals surface area contributed by atoms with Crippen molar-refractivity contribution in [2.75, 3.05) is 0 Å². The number of nitrogens with zero attached hydrogens (tertiary/aromatic N) is 4. The Balaban J connectivity index is 1.36. The van der Waals surface area contributed by atoms with Gasteiger partial charge in [-0.1, -0.05) is 36.4 Å². The molecule has 0 amide bonds. The SMILES string of the molecule is C(=C\c1ccc(/C=C/c2ccccn2)nc1)/c1ccc(/C=C/c2ccccn2)nc1. The zero-order chi connectivity index (χ0) is 20.4. The average Bonchev–Trinajstić information content (AvgIpc) is 2.83. The molecular weight excluding hydrogens is 368 g/mol. The fourth-order valence-electron chi connectivity index (χ4n) is 2.71. The molecule has 4 nitrogen and oxygen atoms in total. The Kier molecular flexibility index (Phi) is 6.28. The molecule has 30 heavy (non-hydrogen) atoms. The fraction of sp³-hybridized carbons (Fsp3) is 0. The molecule has 0 N–H and O–H groups in total. The van der Waals surface area contributed by atoms with Gasteiger partial charge in [0.2, 0.25) is 0 Å². The van der Waals surface area contributed by atoms with Crippen LogP contribution < -0.4 is 0 Å². The number of hydrogen-bond donors (Lipinski definition) is 0. The van der Waals surface area contributed by atoms with Crippen LogP contribution in [0.25, 0.3) is 36.5 Å². The van der Waals surface area contributed by atoms with Gasteiger partial charge in [0.1, 0.15) is 0 Å². The van der Waals surface area contributed by atoms with Crippen LogP contribution in [0.2, 0.25) is 0 Å². The van der Waals surface area contributed by atoms with Gasteiger partial charge in [-0.15, -0.1) is 0 Å². The largest absolute Gasteiger partial charge is 0.257 e. The van der Waals surface area contributed by atoms with Crippen molar-refractivity contribution in [1.82, 2.24) is 19.9 Å². The molecule has 0 saturated heterocycles. The van der Waals surface area contributed by atoms with E-state index in [0.717, 1.165) is 33.9 Å². The van der Waals surface area contributed by atoms with Crippen LogP contribution in [0.5, 0.6) is 0 Å². The van der Waals surface area contributed by atoms with Crippen LogP contribution >= 0.6 is 0 Å². The minimum absolute atomic E-state index is 0.892. The van der Waals surface area contributed by atoms with Crippen LogP contribution in [0.15, 0.2) is 85.5 Å². The highest BCUT2D eigenvalue weighted by atomic mass is 14.7. The van der Waals surface area contributed by atoms with Gasteiger partial charge in [0.05, 0.1) is 22.8 Å². The van der Waals surface area contributed by atoms with E-state index in [2.05, 4.69) is 19.9 Å². The number of hydrogen-bond acceptors (Lipinski definition) is 4. The summed E-state index contributed by atoms with van der Waals surface area (Å²) in [5, 5.41) is 0. The summed E-state index contributed by atoms with van der Waals surface area (Å²) in [6.07, 6.45) is 19.1. The third-order valence-corrected chi connectivity index (χ3v) is 4.31. The second-order valence-corrected chi connectivity index (χ2v) is 6.54. The van der Waals surface area contributed by atoms with Gasteiger partial charge in [-0.2, -0.15) is 0 Å². The molecule has 0 aliphatic heterocycles. The van der Waals surface area contributed by atoms with Gasteiger partial charge in [-0.3, -0.25) is 19.9 Å². The third kappa shape index (κ3) is 5.66. The first-order chi connectivity index (χ1) is 14.8. The van der Waals surface area contributed by atoms with E-state index in [1.807, 2.05) is 110 Å². The molecule has 0 aliphatic carbocycles. The third-order valence-electron chi connectivity index (χ3n) is 4.31. The van der Waals surface area contributed by atoms with E-state index in [4.69, 9.17) is 0 Å². The number of rotatable bonds is 6. The topological polar surface area (TPSA) is 51.6 Å². The van der Waals surface area contributed by atoms with Crippen molar-refractivity contribution < 1.29 is 0 Å². The average molecular weight is 388 g/mol. The highest BCUT2D eigenvalue weighted by molar-refractivity contribution is 5.71. The summed E-state index contributed by atoms with van der Waals surface area (Å²) in [6.45, 7) is 0. The van der Waals surface area contributed by atoms with E-state index < -0.39 is 0 Å². The molecule has 0 fully saturated rings. The summed E-state index contributed by atoms with van der Waals surface area (Å²) >= 11 is 0. The molecule has 0 spiro atoms. The van der Waals surface area contributed by atoms with Crippen LogP contribution in [0.4, 0.5) is 0 Å². The molecule has 0 aliphatic rings. The smallest absolute Gasteiger partial charge is 0.0630 e. The predicted octanol–water partition coefficient (Wildman–Crippen LogP) is 5.78. The van der Waals surface area contributed by atoms with Crippen LogP contribution in [0.1, 0.15) is 33.9 Å². The van der Waals surface area contributed by atoms with E-state index in [-0.39, 0.29) is 0 Å². The maximum Gasteiger partial charge on any atom is 0.0630 e. The normalized spacial score (nSPS) is 11.6. The molecule has 0 bridgehead atoms. The molecule has 4 aromatic rings. The Morgan fingerprint density at radius 3 is 1.17 bits per heavy atom. The number of aromatic nitrogens is 4. The summed E-state index contributed by atoms with van der Waals surface area (Å²) in [6, 6.07) is 19.7. The maximum absolute atomic E-state index is 4.48. The van der Waals surface area contributed by atoms with E-state index in [0.29, 0.717) is 0 Å². The van der Waals surface area contributed by atoms with Crippen LogP contribution in [0.3, 0.4) is 0 Å². The molecule has 144 valence electrons. The van der Waals surface area contributed by atoms with E-state index in [9.17, 15) is 0 Å². The molecule has 0 atom stereocenters. The van der Waals surface area contributed by atoms with E-state index >= 15 is 0 Å². The Labute approximate surface area is 176 Å². The summed E-state index contributed by atoms with van der Waals surface area (Å²) in [5.41, 5.74) is 5.67.